The molecule has 3 rings (SSSR count). The molecule has 0 bridgehead atoms. The number of rotatable bonds is 6. The minimum absolute atomic E-state index is 0.0376. The van der Waals surface area contributed by atoms with Crippen LogP contribution in [0.2, 0.25) is 0 Å². The number of anilines is 1. The van der Waals surface area contributed by atoms with Crippen LogP contribution in [0, 0.1) is 0 Å². The van der Waals surface area contributed by atoms with Gasteiger partial charge in [-0.2, -0.15) is 0 Å². The zero-order valence-electron chi connectivity index (χ0n) is 15.3. The SMILES string of the molecule is CN(CC1(O)CCN(c2ccnc3cccnc23)CC1)C(=O)CCCN. The Morgan fingerprint density at radius 2 is 2.08 bits per heavy atom. The van der Waals surface area contributed by atoms with E-state index in [4.69, 9.17) is 5.73 Å². The normalized spacial score (nSPS) is 16.7. The Kier molecular flexibility index (Phi) is 5.68. The van der Waals surface area contributed by atoms with Crippen molar-refractivity contribution in [2.75, 3.05) is 38.1 Å². The number of likely N-dealkylation sites (N-methyl/N-ethyl adjacent to an activating group) is 1. The van der Waals surface area contributed by atoms with E-state index in [1.54, 1.807) is 24.3 Å². The predicted molar refractivity (Wildman–Crippen MR) is 102 cm³/mol. The number of aliphatic hydroxyl groups is 1. The molecule has 1 aliphatic rings. The van der Waals surface area contributed by atoms with Gasteiger partial charge in [0.05, 0.1) is 16.8 Å². The van der Waals surface area contributed by atoms with Crippen molar-refractivity contribution in [2.24, 2.45) is 5.73 Å². The molecule has 1 fully saturated rings. The van der Waals surface area contributed by atoms with Gasteiger partial charge in [0.2, 0.25) is 5.91 Å². The Hall–Kier alpha value is -2.25. The van der Waals surface area contributed by atoms with Gasteiger partial charge in [0.1, 0.15) is 5.52 Å². The molecule has 140 valence electrons. The van der Waals surface area contributed by atoms with E-state index in [0.29, 0.717) is 38.8 Å². The van der Waals surface area contributed by atoms with Gasteiger partial charge in [-0.25, -0.2) is 0 Å². The summed E-state index contributed by atoms with van der Waals surface area (Å²) in [5, 5.41) is 10.9. The maximum atomic E-state index is 12.1. The van der Waals surface area contributed by atoms with Crippen LogP contribution in [-0.2, 0) is 4.79 Å². The molecular weight excluding hydrogens is 330 g/mol. The lowest BCUT2D eigenvalue weighted by atomic mass is 9.90. The van der Waals surface area contributed by atoms with E-state index >= 15 is 0 Å². The minimum atomic E-state index is -0.847. The summed E-state index contributed by atoms with van der Waals surface area (Å²) in [4.78, 5) is 24.8. The molecule has 0 saturated carbocycles. The summed E-state index contributed by atoms with van der Waals surface area (Å²) in [7, 11) is 1.75. The fourth-order valence-corrected chi connectivity index (χ4v) is 3.52. The second-order valence-corrected chi connectivity index (χ2v) is 7.05. The molecule has 0 unspecified atom stereocenters. The van der Waals surface area contributed by atoms with Gasteiger partial charge in [-0.15, -0.1) is 0 Å². The molecule has 2 aromatic heterocycles. The number of aromatic nitrogens is 2. The molecule has 26 heavy (non-hydrogen) atoms. The van der Waals surface area contributed by atoms with Crippen molar-refractivity contribution < 1.29 is 9.90 Å². The first-order valence-corrected chi connectivity index (χ1v) is 9.13. The maximum absolute atomic E-state index is 12.1. The van der Waals surface area contributed by atoms with Crippen LogP contribution >= 0.6 is 0 Å². The predicted octanol–water partition coefficient (Wildman–Crippen LogP) is 1.16. The molecule has 7 nitrogen and oxygen atoms in total. The van der Waals surface area contributed by atoms with E-state index < -0.39 is 5.60 Å². The van der Waals surface area contributed by atoms with Crippen LogP contribution in [-0.4, -0.2) is 64.7 Å². The van der Waals surface area contributed by atoms with E-state index in [-0.39, 0.29) is 5.91 Å². The highest BCUT2D eigenvalue weighted by atomic mass is 16.3. The third-order valence-corrected chi connectivity index (χ3v) is 5.06. The van der Waals surface area contributed by atoms with Crippen LogP contribution in [0.4, 0.5) is 5.69 Å². The first-order chi connectivity index (χ1) is 12.5. The number of piperidine rings is 1. The lowest BCUT2D eigenvalue weighted by Crippen LogP contribution is -2.51. The van der Waals surface area contributed by atoms with Gasteiger partial charge < -0.3 is 20.6 Å². The number of carbonyl (C=O) groups is 1. The molecule has 0 radical (unpaired) electrons. The van der Waals surface area contributed by atoms with Gasteiger partial charge in [-0.1, -0.05) is 0 Å². The molecule has 0 atom stereocenters. The van der Waals surface area contributed by atoms with E-state index in [1.165, 1.54) is 0 Å². The summed E-state index contributed by atoms with van der Waals surface area (Å²) in [6, 6.07) is 5.81. The van der Waals surface area contributed by atoms with Gasteiger partial charge in [-0.05, 0) is 44.0 Å². The van der Waals surface area contributed by atoms with Crippen molar-refractivity contribution >= 4 is 22.6 Å². The molecule has 0 aromatic carbocycles. The highest BCUT2D eigenvalue weighted by Crippen LogP contribution is 2.30. The molecular formula is C19H27N5O2. The molecule has 1 amide bonds. The summed E-state index contributed by atoms with van der Waals surface area (Å²) in [6.45, 7) is 2.31. The monoisotopic (exact) mass is 357 g/mol. The van der Waals surface area contributed by atoms with Gasteiger partial charge >= 0.3 is 0 Å². The maximum Gasteiger partial charge on any atom is 0.222 e. The van der Waals surface area contributed by atoms with Crippen LogP contribution in [0.1, 0.15) is 25.7 Å². The quantitative estimate of drug-likeness (QED) is 0.805. The average Bonchev–Trinajstić information content (AvgIpc) is 2.66. The lowest BCUT2D eigenvalue weighted by Gasteiger charge is -2.41. The van der Waals surface area contributed by atoms with Crippen molar-refractivity contribution in [3.05, 3.63) is 30.6 Å². The molecule has 2 aromatic rings. The summed E-state index contributed by atoms with van der Waals surface area (Å²) >= 11 is 0. The van der Waals surface area contributed by atoms with Gasteiger partial charge in [0.25, 0.3) is 0 Å². The molecule has 1 aliphatic heterocycles. The van der Waals surface area contributed by atoms with E-state index in [0.717, 1.165) is 29.8 Å². The first kappa shape index (κ1) is 18.5. The highest BCUT2D eigenvalue weighted by molar-refractivity contribution is 5.87. The van der Waals surface area contributed by atoms with Crippen molar-refractivity contribution in [2.45, 2.75) is 31.3 Å². The number of hydrogen-bond donors (Lipinski definition) is 2. The number of nitrogens with zero attached hydrogens (tertiary/aromatic N) is 4. The lowest BCUT2D eigenvalue weighted by molar-refractivity contribution is -0.133. The van der Waals surface area contributed by atoms with Crippen LogP contribution < -0.4 is 10.6 Å². The summed E-state index contributed by atoms with van der Waals surface area (Å²) in [5.41, 5.74) is 7.42. The third kappa shape index (κ3) is 4.11. The van der Waals surface area contributed by atoms with E-state index in [2.05, 4.69) is 14.9 Å². The zero-order chi connectivity index (χ0) is 18.6. The van der Waals surface area contributed by atoms with Crippen LogP contribution in [0.15, 0.2) is 30.6 Å². The molecule has 7 heteroatoms. The van der Waals surface area contributed by atoms with Crippen molar-refractivity contribution in [3.63, 3.8) is 0 Å². The zero-order valence-corrected chi connectivity index (χ0v) is 15.3. The second-order valence-electron chi connectivity index (χ2n) is 7.05. The van der Waals surface area contributed by atoms with Gasteiger partial charge in [0.15, 0.2) is 0 Å². The van der Waals surface area contributed by atoms with Gasteiger partial charge in [-0.3, -0.25) is 14.8 Å². The topological polar surface area (TPSA) is 95.6 Å². The van der Waals surface area contributed by atoms with Crippen molar-refractivity contribution in [1.29, 1.82) is 0 Å². The van der Waals surface area contributed by atoms with Crippen LogP contribution in [0.25, 0.3) is 11.0 Å². The Balaban J connectivity index is 1.64. The van der Waals surface area contributed by atoms with E-state index in [9.17, 15) is 9.90 Å². The Morgan fingerprint density at radius 1 is 1.31 bits per heavy atom. The summed E-state index contributed by atoms with van der Waals surface area (Å²) in [5.74, 6) is 0.0376. The Morgan fingerprint density at radius 3 is 2.81 bits per heavy atom. The average molecular weight is 357 g/mol. The Bertz CT molecular complexity index is 753. The summed E-state index contributed by atoms with van der Waals surface area (Å²) in [6.07, 6.45) is 5.90. The fourth-order valence-electron chi connectivity index (χ4n) is 3.52. The first-order valence-electron chi connectivity index (χ1n) is 9.13. The number of pyridine rings is 2. The molecule has 0 aliphatic carbocycles. The Labute approximate surface area is 153 Å². The highest BCUT2D eigenvalue weighted by Gasteiger charge is 2.34. The second kappa shape index (κ2) is 7.97. The number of fused-ring (bicyclic) bond motifs is 1. The number of carbonyl (C=O) groups excluding carboxylic acids is 1. The summed E-state index contributed by atoms with van der Waals surface area (Å²) < 4.78 is 0. The smallest absolute Gasteiger partial charge is 0.222 e. The molecule has 3 heterocycles. The minimum Gasteiger partial charge on any atom is -0.388 e. The van der Waals surface area contributed by atoms with Crippen molar-refractivity contribution in [1.82, 2.24) is 14.9 Å². The number of nitrogens with two attached hydrogens (primary N) is 1. The molecule has 0 spiro atoms. The van der Waals surface area contributed by atoms with Crippen LogP contribution in [0.3, 0.4) is 0 Å². The number of amides is 1. The number of hydrogen-bond acceptors (Lipinski definition) is 6. The van der Waals surface area contributed by atoms with Crippen molar-refractivity contribution in [3.8, 4) is 0 Å². The largest absolute Gasteiger partial charge is 0.388 e. The molecule has 3 N–H and O–H groups in total. The van der Waals surface area contributed by atoms with Crippen LogP contribution in [0.5, 0.6) is 0 Å². The fraction of sp³-hybridized carbons (Fsp3) is 0.526. The van der Waals surface area contributed by atoms with Gasteiger partial charge in [0, 0.05) is 45.5 Å². The standard InChI is InChI=1S/C19H27N5O2/c1-23(17(25)5-2-9-20)14-19(26)7-12-24(13-8-19)16-6-11-21-15-4-3-10-22-18(15)16/h3-4,6,10-11,26H,2,5,7-9,12-14,20H2,1H3. The molecule has 1 saturated heterocycles. The third-order valence-electron chi connectivity index (χ3n) is 5.06. The van der Waals surface area contributed by atoms with E-state index in [1.807, 2.05) is 18.2 Å².